The zero-order valence-electron chi connectivity index (χ0n) is 16.5. The molecule has 0 saturated carbocycles. The molecule has 1 N–H and O–H groups in total. The fourth-order valence-corrected chi connectivity index (χ4v) is 6.29. The molecule has 2 aromatic heterocycles. The predicted octanol–water partition coefficient (Wildman–Crippen LogP) is 2.59. The van der Waals surface area contributed by atoms with Gasteiger partial charge in [-0.15, -0.1) is 11.3 Å². The van der Waals surface area contributed by atoms with Gasteiger partial charge in [-0.1, -0.05) is 11.6 Å². The number of hydrogen-bond donors (Lipinski definition) is 1. The van der Waals surface area contributed by atoms with E-state index < -0.39 is 15.9 Å². The molecular formula is C19H26ClN3O4S2. The third-order valence-electron chi connectivity index (χ3n) is 5.84. The highest BCUT2D eigenvalue weighted by Gasteiger charge is 2.46. The summed E-state index contributed by atoms with van der Waals surface area (Å²) in [5.74, 6) is 0.0889. The molecule has 0 amide bonds. The molecule has 1 spiro atoms. The van der Waals surface area contributed by atoms with Crippen LogP contribution in [0.3, 0.4) is 0 Å². The predicted molar refractivity (Wildman–Crippen MR) is 113 cm³/mol. The average molecular weight is 460 g/mol. The summed E-state index contributed by atoms with van der Waals surface area (Å²) in [5.41, 5.74) is 1.61. The Morgan fingerprint density at radius 2 is 2.28 bits per heavy atom. The Hall–Kier alpha value is -0.970. The molecule has 7 nitrogen and oxygen atoms in total. The van der Waals surface area contributed by atoms with Gasteiger partial charge in [0.25, 0.3) is 0 Å². The van der Waals surface area contributed by atoms with Crippen LogP contribution in [0.2, 0.25) is 4.34 Å². The number of piperidine rings is 1. The minimum Gasteiger partial charge on any atom is -0.386 e. The van der Waals surface area contributed by atoms with Crippen LogP contribution in [0.25, 0.3) is 0 Å². The van der Waals surface area contributed by atoms with Crippen LogP contribution < -0.4 is 0 Å². The van der Waals surface area contributed by atoms with E-state index in [1.807, 2.05) is 18.5 Å². The van der Waals surface area contributed by atoms with Crippen molar-refractivity contribution in [3.8, 4) is 0 Å². The lowest BCUT2D eigenvalue weighted by Crippen LogP contribution is -2.50. The van der Waals surface area contributed by atoms with Crippen LogP contribution in [0.5, 0.6) is 0 Å². The van der Waals surface area contributed by atoms with Crippen molar-refractivity contribution in [1.82, 2.24) is 14.7 Å². The molecule has 2 aliphatic heterocycles. The van der Waals surface area contributed by atoms with Gasteiger partial charge in [0.1, 0.15) is 21.5 Å². The second kappa shape index (κ2) is 7.94. The first kappa shape index (κ1) is 21.3. The summed E-state index contributed by atoms with van der Waals surface area (Å²) in [6, 6.07) is 2.16. The molecule has 4 heterocycles. The third kappa shape index (κ3) is 4.55. The third-order valence-corrected chi connectivity index (χ3v) is 8.23. The molecule has 3 atom stereocenters. The Morgan fingerprint density at radius 3 is 3.00 bits per heavy atom. The van der Waals surface area contributed by atoms with Crippen LogP contribution in [0.1, 0.15) is 41.9 Å². The molecule has 4 rings (SSSR count). The maximum absolute atomic E-state index is 11.3. The Kier molecular flexibility index (Phi) is 5.82. The number of aliphatic hydroxyl groups excluding tert-OH is 1. The molecule has 160 valence electrons. The molecule has 29 heavy (non-hydrogen) atoms. The van der Waals surface area contributed by atoms with Crippen molar-refractivity contribution in [3.63, 3.8) is 0 Å². The molecule has 0 bridgehead atoms. The van der Waals surface area contributed by atoms with Crippen molar-refractivity contribution in [3.05, 3.63) is 38.8 Å². The Balaban J connectivity index is 1.43. The highest BCUT2D eigenvalue weighted by molar-refractivity contribution is 7.90. The van der Waals surface area contributed by atoms with Gasteiger partial charge in [0.15, 0.2) is 0 Å². The summed E-state index contributed by atoms with van der Waals surface area (Å²) >= 11 is 7.76. The minimum atomic E-state index is -3.00. The first-order valence-electron chi connectivity index (χ1n) is 9.70. The molecule has 0 aromatic carbocycles. The van der Waals surface area contributed by atoms with Crippen LogP contribution in [0.4, 0.5) is 0 Å². The van der Waals surface area contributed by atoms with E-state index >= 15 is 0 Å². The summed E-state index contributed by atoms with van der Waals surface area (Å²) in [6.45, 7) is 4.49. The quantitative estimate of drug-likeness (QED) is 0.739. The number of fused-ring (bicyclic) bond motifs is 2. The van der Waals surface area contributed by atoms with Crippen molar-refractivity contribution < 1.29 is 18.3 Å². The van der Waals surface area contributed by atoms with Gasteiger partial charge in [-0.05, 0) is 25.8 Å². The van der Waals surface area contributed by atoms with Crippen LogP contribution in [0.15, 0.2) is 18.5 Å². The highest BCUT2D eigenvalue weighted by atomic mass is 35.5. The lowest BCUT2D eigenvalue weighted by atomic mass is 9.81. The number of aromatic nitrogens is 2. The van der Waals surface area contributed by atoms with Gasteiger partial charge < -0.3 is 9.84 Å². The van der Waals surface area contributed by atoms with Crippen LogP contribution in [0, 0.1) is 0 Å². The lowest BCUT2D eigenvalue weighted by Gasteiger charge is -2.47. The molecule has 10 heteroatoms. The van der Waals surface area contributed by atoms with E-state index in [1.54, 1.807) is 4.68 Å². The Labute approximate surface area is 180 Å². The fourth-order valence-electron chi connectivity index (χ4n) is 4.30. The monoisotopic (exact) mass is 459 g/mol. The van der Waals surface area contributed by atoms with Crippen LogP contribution >= 0.6 is 22.9 Å². The van der Waals surface area contributed by atoms with E-state index in [0.717, 1.165) is 41.9 Å². The van der Waals surface area contributed by atoms with E-state index in [9.17, 15) is 13.5 Å². The average Bonchev–Trinajstić information content (AvgIpc) is 3.26. The summed E-state index contributed by atoms with van der Waals surface area (Å²) in [5, 5.41) is 14.6. The molecular weight excluding hydrogens is 434 g/mol. The number of thiophene rings is 1. The summed E-state index contributed by atoms with van der Waals surface area (Å²) < 4.78 is 31.3. The van der Waals surface area contributed by atoms with Crippen LogP contribution in [-0.2, 0) is 33.3 Å². The van der Waals surface area contributed by atoms with Gasteiger partial charge in [0, 0.05) is 47.6 Å². The summed E-state index contributed by atoms with van der Waals surface area (Å²) in [6.07, 6.45) is 6.05. The van der Waals surface area contributed by atoms with E-state index in [-0.39, 0.29) is 17.4 Å². The second-order valence-corrected chi connectivity index (χ2v) is 12.1. The second-order valence-electron chi connectivity index (χ2n) is 8.17. The molecule has 1 fully saturated rings. The number of rotatable bonds is 5. The zero-order valence-corrected chi connectivity index (χ0v) is 18.9. The molecule has 3 unspecified atom stereocenters. The minimum absolute atomic E-state index is 0.0889. The first-order valence-corrected chi connectivity index (χ1v) is 13.0. The van der Waals surface area contributed by atoms with Crippen molar-refractivity contribution >= 4 is 32.8 Å². The first-order chi connectivity index (χ1) is 13.7. The Morgan fingerprint density at radius 1 is 1.48 bits per heavy atom. The van der Waals surface area contributed by atoms with Gasteiger partial charge in [-0.3, -0.25) is 9.58 Å². The maximum atomic E-state index is 11.3. The smallest absolute Gasteiger partial charge is 0.149 e. The largest absolute Gasteiger partial charge is 0.386 e. The fraction of sp³-hybridized carbons (Fsp3) is 0.632. The van der Waals surface area contributed by atoms with Crippen molar-refractivity contribution in [2.24, 2.45) is 0 Å². The number of aryl methyl sites for hydroxylation is 1. The number of halogens is 1. The molecule has 1 saturated heterocycles. The van der Waals surface area contributed by atoms with E-state index in [0.29, 0.717) is 17.5 Å². The van der Waals surface area contributed by atoms with Gasteiger partial charge in [0.05, 0.1) is 29.4 Å². The summed E-state index contributed by atoms with van der Waals surface area (Å²) in [4.78, 5) is 3.47. The topological polar surface area (TPSA) is 84.7 Å². The van der Waals surface area contributed by atoms with Crippen molar-refractivity contribution in [1.29, 1.82) is 0 Å². The van der Waals surface area contributed by atoms with E-state index in [2.05, 4.69) is 16.9 Å². The van der Waals surface area contributed by atoms with Crippen molar-refractivity contribution in [2.45, 2.75) is 50.6 Å². The highest BCUT2D eigenvalue weighted by Crippen LogP contribution is 2.50. The molecule has 0 aliphatic carbocycles. The number of ether oxygens (including phenoxy) is 1. The Bertz CT molecular complexity index is 989. The van der Waals surface area contributed by atoms with Gasteiger partial charge >= 0.3 is 0 Å². The SMILES string of the molecule is CC1CC2(CCN1Cc1cnn(CCS(C)(=O)=O)c1)OCC(O)c1cc(Cl)sc12. The van der Waals surface area contributed by atoms with E-state index in [4.69, 9.17) is 16.3 Å². The molecule has 0 radical (unpaired) electrons. The number of hydrogen-bond acceptors (Lipinski definition) is 7. The molecule has 2 aromatic rings. The normalized spacial score (nSPS) is 28.0. The summed E-state index contributed by atoms with van der Waals surface area (Å²) in [7, 11) is -3.00. The standard InChI is InChI=1S/C19H26ClN3O4S2/c1-13-8-19(18-15(7-17(20)28-18)16(24)12-27-19)3-4-22(13)10-14-9-21-23(11-14)5-6-29(2,25)26/h7,9,11,13,16,24H,3-6,8,10,12H2,1-2H3. The maximum Gasteiger partial charge on any atom is 0.149 e. The van der Waals surface area contributed by atoms with Gasteiger partial charge in [-0.25, -0.2) is 8.42 Å². The lowest BCUT2D eigenvalue weighted by molar-refractivity contribution is -0.139. The number of likely N-dealkylation sites (tertiary alicyclic amines) is 1. The molecule has 2 aliphatic rings. The number of aliphatic hydroxyl groups is 1. The van der Waals surface area contributed by atoms with E-state index in [1.165, 1.54) is 17.6 Å². The zero-order chi connectivity index (χ0) is 20.8. The van der Waals surface area contributed by atoms with Crippen LogP contribution in [-0.4, -0.2) is 59.4 Å². The number of sulfone groups is 1. The van der Waals surface area contributed by atoms with Gasteiger partial charge in [0.2, 0.25) is 0 Å². The van der Waals surface area contributed by atoms with Crippen molar-refractivity contribution in [2.75, 3.05) is 25.2 Å². The van der Waals surface area contributed by atoms with Gasteiger partial charge in [-0.2, -0.15) is 5.10 Å². The number of nitrogens with zero attached hydrogens (tertiary/aromatic N) is 3.